The fourth-order valence-electron chi connectivity index (χ4n) is 4.27. The van der Waals surface area contributed by atoms with Crippen LogP contribution in [0.5, 0.6) is 0 Å². The summed E-state index contributed by atoms with van der Waals surface area (Å²) in [4.78, 5) is 2.67. The summed E-state index contributed by atoms with van der Waals surface area (Å²) in [6.07, 6.45) is 9.89. The molecule has 0 aromatic carbocycles. The Hall–Kier alpha value is -0.0800. The number of nitrogens with zero attached hydrogens (tertiary/aromatic N) is 1. The first kappa shape index (κ1) is 16.3. The van der Waals surface area contributed by atoms with Crippen molar-refractivity contribution in [2.24, 2.45) is 17.3 Å². The van der Waals surface area contributed by atoms with Crippen LogP contribution in [0.1, 0.15) is 65.7 Å². The van der Waals surface area contributed by atoms with Gasteiger partial charge in [-0.1, -0.05) is 26.7 Å². The normalized spacial score (nSPS) is 32.5. The lowest BCUT2D eigenvalue weighted by Gasteiger charge is -2.44. The lowest BCUT2D eigenvalue weighted by Crippen LogP contribution is -2.48. The maximum absolute atomic E-state index is 3.73. The van der Waals surface area contributed by atoms with Crippen LogP contribution >= 0.6 is 0 Å². The van der Waals surface area contributed by atoms with Gasteiger partial charge in [-0.3, -0.25) is 0 Å². The molecule has 118 valence electrons. The molecule has 2 aliphatic carbocycles. The molecule has 0 aromatic rings. The predicted molar refractivity (Wildman–Crippen MR) is 88.0 cm³/mol. The van der Waals surface area contributed by atoms with Crippen molar-refractivity contribution in [1.29, 1.82) is 0 Å². The zero-order chi connectivity index (χ0) is 14.6. The van der Waals surface area contributed by atoms with Crippen LogP contribution in [0.3, 0.4) is 0 Å². The fraction of sp³-hybridized carbons (Fsp3) is 1.00. The topological polar surface area (TPSA) is 15.3 Å². The summed E-state index contributed by atoms with van der Waals surface area (Å²) in [5, 5.41) is 3.73. The molecule has 3 unspecified atom stereocenters. The molecular formula is C18H36N2. The van der Waals surface area contributed by atoms with Gasteiger partial charge in [-0.15, -0.1) is 0 Å². The predicted octanol–water partition coefficient (Wildman–Crippen LogP) is 3.91. The summed E-state index contributed by atoms with van der Waals surface area (Å²) in [6, 6.07) is 0.787. The van der Waals surface area contributed by atoms with Gasteiger partial charge < -0.3 is 10.2 Å². The van der Waals surface area contributed by atoms with Crippen molar-refractivity contribution in [2.75, 3.05) is 26.7 Å². The monoisotopic (exact) mass is 280 g/mol. The van der Waals surface area contributed by atoms with E-state index in [2.05, 4.69) is 38.0 Å². The third-order valence-electron chi connectivity index (χ3n) is 5.70. The third kappa shape index (κ3) is 4.46. The van der Waals surface area contributed by atoms with E-state index in [4.69, 9.17) is 0 Å². The first-order valence-corrected chi connectivity index (χ1v) is 8.97. The Balaban J connectivity index is 1.93. The van der Waals surface area contributed by atoms with Crippen LogP contribution in [0.4, 0.5) is 0 Å². The molecule has 0 bridgehead atoms. The number of hydrogen-bond donors (Lipinski definition) is 1. The van der Waals surface area contributed by atoms with Crippen molar-refractivity contribution in [3.63, 3.8) is 0 Å². The van der Waals surface area contributed by atoms with Gasteiger partial charge in [-0.05, 0) is 69.9 Å². The molecule has 0 radical (unpaired) electrons. The molecule has 0 aliphatic heterocycles. The fourth-order valence-corrected chi connectivity index (χ4v) is 4.27. The van der Waals surface area contributed by atoms with Crippen molar-refractivity contribution in [3.8, 4) is 0 Å². The smallest absolute Gasteiger partial charge is 0.00923 e. The van der Waals surface area contributed by atoms with Crippen LogP contribution in [0, 0.1) is 17.3 Å². The third-order valence-corrected chi connectivity index (χ3v) is 5.70. The van der Waals surface area contributed by atoms with Gasteiger partial charge in [0.05, 0.1) is 0 Å². The highest BCUT2D eigenvalue weighted by Gasteiger charge is 2.38. The molecule has 2 fully saturated rings. The van der Waals surface area contributed by atoms with Crippen LogP contribution in [0.15, 0.2) is 0 Å². The summed E-state index contributed by atoms with van der Waals surface area (Å²) in [6.45, 7) is 10.9. The Kier molecular flexibility index (Phi) is 5.92. The molecule has 2 nitrogen and oxygen atoms in total. The first-order valence-electron chi connectivity index (χ1n) is 8.97. The van der Waals surface area contributed by atoms with Crippen LogP contribution in [-0.4, -0.2) is 37.6 Å². The van der Waals surface area contributed by atoms with Crippen molar-refractivity contribution in [2.45, 2.75) is 71.8 Å². The van der Waals surface area contributed by atoms with E-state index in [-0.39, 0.29) is 0 Å². The first-order chi connectivity index (χ1) is 9.56. The standard InChI is InChI=1S/C18H36N2/c1-5-11-19-13-18(10-6-7-15(2)12-18)14-20(4)16(3)17-8-9-17/h15-17,19H,5-14H2,1-4H3. The van der Waals surface area contributed by atoms with Crippen molar-refractivity contribution < 1.29 is 0 Å². The second-order valence-corrected chi connectivity index (χ2v) is 7.87. The highest BCUT2D eigenvalue weighted by Crippen LogP contribution is 2.41. The molecule has 2 aliphatic rings. The minimum atomic E-state index is 0.532. The van der Waals surface area contributed by atoms with Gasteiger partial charge in [0, 0.05) is 19.1 Å². The second-order valence-electron chi connectivity index (χ2n) is 7.87. The minimum absolute atomic E-state index is 0.532. The van der Waals surface area contributed by atoms with Gasteiger partial charge in [0.2, 0.25) is 0 Å². The van der Waals surface area contributed by atoms with E-state index < -0.39 is 0 Å². The van der Waals surface area contributed by atoms with E-state index in [1.54, 1.807) is 0 Å². The average Bonchev–Trinajstić information content (AvgIpc) is 3.22. The molecular weight excluding hydrogens is 244 g/mol. The van der Waals surface area contributed by atoms with Crippen LogP contribution in [-0.2, 0) is 0 Å². The zero-order valence-electron chi connectivity index (χ0n) is 14.3. The van der Waals surface area contributed by atoms with Gasteiger partial charge in [-0.2, -0.15) is 0 Å². The largest absolute Gasteiger partial charge is 0.316 e. The van der Waals surface area contributed by atoms with Crippen LogP contribution in [0.25, 0.3) is 0 Å². The molecule has 0 heterocycles. The van der Waals surface area contributed by atoms with Gasteiger partial charge in [0.25, 0.3) is 0 Å². The molecule has 0 amide bonds. The summed E-state index contributed by atoms with van der Waals surface area (Å²) in [5.41, 5.74) is 0.532. The van der Waals surface area contributed by atoms with E-state index in [0.717, 1.165) is 17.9 Å². The van der Waals surface area contributed by atoms with Gasteiger partial charge in [-0.25, -0.2) is 0 Å². The Morgan fingerprint density at radius 1 is 1.30 bits per heavy atom. The molecule has 3 atom stereocenters. The molecule has 2 saturated carbocycles. The maximum Gasteiger partial charge on any atom is 0.00923 e. The Morgan fingerprint density at radius 2 is 2.05 bits per heavy atom. The lowest BCUT2D eigenvalue weighted by molar-refractivity contribution is 0.0714. The zero-order valence-corrected chi connectivity index (χ0v) is 14.3. The van der Waals surface area contributed by atoms with E-state index in [1.165, 1.54) is 64.6 Å². The van der Waals surface area contributed by atoms with Crippen molar-refractivity contribution >= 4 is 0 Å². The maximum atomic E-state index is 3.73. The van der Waals surface area contributed by atoms with Gasteiger partial charge in [0.1, 0.15) is 0 Å². The minimum Gasteiger partial charge on any atom is -0.316 e. The summed E-state index contributed by atoms with van der Waals surface area (Å²) in [5.74, 6) is 1.90. The number of hydrogen-bond acceptors (Lipinski definition) is 2. The van der Waals surface area contributed by atoms with Gasteiger partial charge in [0.15, 0.2) is 0 Å². The quantitative estimate of drug-likeness (QED) is 0.678. The molecule has 2 rings (SSSR count). The average molecular weight is 280 g/mol. The Bertz CT molecular complexity index is 287. The summed E-state index contributed by atoms with van der Waals surface area (Å²) >= 11 is 0. The highest BCUT2D eigenvalue weighted by molar-refractivity contribution is 4.92. The van der Waals surface area contributed by atoms with Crippen molar-refractivity contribution in [1.82, 2.24) is 10.2 Å². The van der Waals surface area contributed by atoms with Crippen molar-refractivity contribution in [3.05, 3.63) is 0 Å². The Morgan fingerprint density at radius 3 is 2.65 bits per heavy atom. The SMILES string of the molecule is CCCNCC1(CN(C)C(C)C2CC2)CCCC(C)C1. The van der Waals surface area contributed by atoms with E-state index >= 15 is 0 Å². The molecule has 0 aromatic heterocycles. The molecule has 1 N–H and O–H groups in total. The molecule has 0 spiro atoms. The summed E-state index contributed by atoms with van der Waals surface area (Å²) < 4.78 is 0. The van der Waals surface area contributed by atoms with E-state index in [1.807, 2.05) is 0 Å². The van der Waals surface area contributed by atoms with Crippen LogP contribution < -0.4 is 5.32 Å². The number of rotatable bonds is 8. The summed E-state index contributed by atoms with van der Waals surface area (Å²) in [7, 11) is 2.36. The Labute approximate surface area is 126 Å². The number of nitrogens with one attached hydrogen (secondary N) is 1. The molecule has 0 saturated heterocycles. The lowest BCUT2D eigenvalue weighted by atomic mass is 9.69. The highest BCUT2D eigenvalue weighted by atomic mass is 15.1. The second kappa shape index (κ2) is 7.26. The van der Waals surface area contributed by atoms with Gasteiger partial charge >= 0.3 is 0 Å². The molecule has 2 heteroatoms. The molecule has 20 heavy (non-hydrogen) atoms. The van der Waals surface area contributed by atoms with Crippen LogP contribution in [0.2, 0.25) is 0 Å². The van der Waals surface area contributed by atoms with E-state index in [9.17, 15) is 0 Å². The van der Waals surface area contributed by atoms with E-state index in [0.29, 0.717) is 5.41 Å².